The topological polar surface area (TPSA) is 49.9 Å². The number of rotatable bonds is 3. The van der Waals surface area contributed by atoms with Crippen LogP contribution >= 0.6 is 22.9 Å². The molecule has 2 amide bonds. The van der Waals surface area contributed by atoms with Gasteiger partial charge in [0.05, 0.1) is 23.5 Å². The molecule has 2 aromatic rings. The van der Waals surface area contributed by atoms with E-state index in [0.717, 1.165) is 10.4 Å². The van der Waals surface area contributed by atoms with E-state index < -0.39 is 0 Å². The third-order valence-electron chi connectivity index (χ3n) is 4.98. The van der Waals surface area contributed by atoms with Crippen molar-refractivity contribution in [2.24, 2.45) is 0 Å². The molecule has 0 aliphatic carbocycles. The highest BCUT2D eigenvalue weighted by atomic mass is 35.5. The van der Waals surface area contributed by atoms with E-state index in [2.05, 4.69) is 0 Å². The van der Waals surface area contributed by atoms with Gasteiger partial charge in [0.2, 0.25) is 0 Å². The zero-order valence-corrected chi connectivity index (χ0v) is 17.5. The molecule has 0 radical (unpaired) electrons. The van der Waals surface area contributed by atoms with Crippen LogP contribution in [0.4, 0.5) is 5.69 Å². The third-order valence-corrected chi connectivity index (χ3v) is 6.27. The predicted molar refractivity (Wildman–Crippen MR) is 112 cm³/mol. The number of morpholine rings is 1. The number of carbonyl (C=O) groups excluding carboxylic acids is 2. The lowest BCUT2D eigenvalue weighted by Crippen LogP contribution is -2.47. The van der Waals surface area contributed by atoms with Crippen LogP contribution in [-0.4, -0.2) is 42.0 Å². The Morgan fingerprint density at radius 2 is 1.82 bits per heavy atom. The summed E-state index contributed by atoms with van der Waals surface area (Å²) < 4.78 is 5.82. The Morgan fingerprint density at radius 3 is 2.43 bits per heavy atom. The maximum atomic E-state index is 13.5. The number of amides is 2. The Hall–Kier alpha value is -2.15. The first-order valence-electron chi connectivity index (χ1n) is 9.20. The molecule has 28 heavy (non-hydrogen) atoms. The number of aryl methyl sites for hydroxylation is 1. The maximum Gasteiger partial charge on any atom is 0.282 e. The maximum absolute atomic E-state index is 13.5. The lowest BCUT2D eigenvalue weighted by molar-refractivity contribution is -0.121. The number of nitrogens with zero attached hydrogens (tertiary/aromatic N) is 2. The highest BCUT2D eigenvalue weighted by Gasteiger charge is 2.44. The van der Waals surface area contributed by atoms with Gasteiger partial charge in [-0.2, -0.15) is 0 Å². The molecular weight excluding hydrogens is 396 g/mol. The van der Waals surface area contributed by atoms with Crippen molar-refractivity contribution in [1.82, 2.24) is 4.90 Å². The monoisotopic (exact) mass is 416 g/mol. The van der Waals surface area contributed by atoms with Crippen molar-refractivity contribution < 1.29 is 14.3 Å². The predicted octanol–water partition coefficient (Wildman–Crippen LogP) is 4.10. The Morgan fingerprint density at radius 1 is 1.11 bits per heavy atom. The van der Waals surface area contributed by atoms with E-state index in [0.29, 0.717) is 35.1 Å². The van der Waals surface area contributed by atoms with Crippen LogP contribution in [-0.2, 0) is 14.3 Å². The quantitative estimate of drug-likeness (QED) is 0.707. The molecular formula is C21H21ClN2O3S. The summed E-state index contributed by atoms with van der Waals surface area (Å²) in [7, 11) is 0. The summed E-state index contributed by atoms with van der Waals surface area (Å²) in [5.41, 5.74) is 2.29. The van der Waals surface area contributed by atoms with Gasteiger partial charge in [0.1, 0.15) is 5.70 Å². The molecule has 4 rings (SSSR count). The van der Waals surface area contributed by atoms with Crippen LogP contribution in [0.5, 0.6) is 0 Å². The van der Waals surface area contributed by atoms with Gasteiger partial charge in [-0.1, -0.05) is 23.7 Å². The molecule has 5 nitrogen and oxygen atoms in total. The molecule has 2 unspecified atom stereocenters. The van der Waals surface area contributed by atoms with E-state index in [4.69, 9.17) is 16.3 Å². The number of imide groups is 1. The van der Waals surface area contributed by atoms with Crippen LogP contribution in [0.2, 0.25) is 5.02 Å². The van der Waals surface area contributed by atoms with Gasteiger partial charge in [0, 0.05) is 23.0 Å². The van der Waals surface area contributed by atoms with Crippen molar-refractivity contribution in [2.75, 3.05) is 18.0 Å². The second kappa shape index (κ2) is 7.35. The fraction of sp³-hybridized carbons (Fsp3) is 0.333. The molecule has 146 valence electrons. The summed E-state index contributed by atoms with van der Waals surface area (Å²) in [4.78, 5) is 30.9. The fourth-order valence-corrected chi connectivity index (χ4v) is 4.71. The third kappa shape index (κ3) is 3.26. The number of hydrogen-bond donors (Lipinski definition) is 0. The van der Waals surface area contributed by atoms with Gasteiger partial charge in [-0.3, -0.25) is 9.59 Å². The van der Waals surface area contributed by atoms with Gasteiger partial charge in [0.25, 0.3) is 11.8 Å². The van der Waals surface area contributed by atoms with Gasteiger partial charge >= 0.3 is 0 Å². The molecule has 1 saturated heterocycles. The number of halogens is 1. The van der Waals surface area contributed by atoms with E-state index in [9.17, 15) is 9.59 Å². The van der Waals surface area contributed by atoms with Crippen molar-refractivity contribution in [2.45, 2.75) is 33.0 Å². The van der Waals surface area contributed by atoms with Crippen molar-refractivity contribution in [1.29, 1.82) is 0 Å². The van der Waals surface area contributed by atoms with Gasteiger partial charge < -0.3 is 9.64 Å². The molecule has 0 saturated carbocycles. The lowest BCUT2D eigenvalue weighted by atomic mass is 10.1. The van der Waals surface area contributed by atoms with Crippen LogP contribution in [0.1, 0.15) is 24.3 Å². The van der Waals surface area contributed by atoms with E-state index in [1.165, 1.54) is 16.2 Å². The molecule has 1 fully saturated rings. The molecule has 0 spiro atoms. The van der Waals surface area contributed by atoms with Crippen LogP contribution in [0, 0.1) is 6.92 Å². The second-order valence-corrected chi connectivity index (χ2v) is 8.60. The zero-order chi connectivity index (χ0) is 20.0. The molecule has 0 N–H and O–H groups in total. The fourth-order valence-electron chi connectivity index (χ4n) is 3.77. The minimum atomic E-state index is -0.311. The molecule has 1 aromatic heterocycles. The summed E-state index contributed by atoms with van der Waals surface area (Å²) in [5.74, 6) is -0.621. The average molecular weight is 417 g/mol. The Bertz CT molecular complexity index is 960. The standard InChI is InChI=1S/C21H21ClN2O3S/c1-12-6-7-15(9-16(12)22)24-20(25)18(17-5-4-8-28-17)19(21(24)26)23-10-13(2)27-14(3)11-23/h4-9,13-14H,10-11H2,1-3H3. The number of hydrogen-bond acceptors (Lipinski definition) is 5. The van der Waals surface area contributed by atoms with Crippen molar-refractivity contribution >= 4 is 46.0 Å². The number of thiophene rings is 1. The molecule has 2 aliphatic heterocycles. The molecule has 2 aliphatic rings. The Kier molecular flexibility index (Phi) is 5.04. The van der Waals surface area contributed by atoms with Crippen molar-refractivity contribution in [3.8, 4) is 0 Å². The first-order valence-corrected chi connectivity index (χ1v) is 10.5. The smallest absolute Gasteiger partial charge is 0.282 e. The number of ether oxygens (including phenoxy) is 1. The molecule has 7 heteroatoms. The minimum absolute atomic E-state index is 0.0217. The average Bonchev–Trinajstić information content (AvgIpc) is 3.23. The second-order valence-electron chi connectivity index (χ2n) is 7.24. The van der Waals surface area contributed by atoms with Gasteiger partial charge in [0.15, 0.2) is 0 Å². The minimum Gasteiger partial charge on any atom is -0.372 e. The van der Waals surface area contributed by atoms with Crippen LogP contribution in [0.25, 0.3) is 5.57 Å². The summed E-state index contributed by atoms with van der Waals surface area (Å²) in [5, 5.41) is 2.44. The normalized spacial score (nSPS) is 23.1. The van der Waals surface area contributed by atoms with Crippen molar-refractivity contribution in [3.63, 3.8) is 0 Å². The summed E-state index contributed by atoms with van der Waals surface area (Å²) in [6, 6.07) is 9.02. The van der Waals surface area contributed by atoms with Gasteiger partial charge in [-0.15, -0.1) is 11.3 Å². The molecule has 0 bridgehead atoms. The first-order chi connectivity index (χ1) is 13.4. The van der Waals surface area contributed by atoms with Crippen LogP contribution < -0.4 is 4.90 Å². The van der Waals surface area contributed by atoms with Gasteiger partial charge in [-0.25, -0.2) is 4.90 Å². The molecule has 1 aromatic carbocycles. The molecule has 3 heterocycles. The summed E-state index contributed by atoms with van der Waals surface area (Å²) in [6.45, 7) is 6.97. The number of benzene rings is 1. The van der Waals surface area contributed by atoms with Crippen LogP contribution in [0.3, 0.4) is 0 Å². The Balaban J connectivity index is 1.81. The summed E-state index contributed by atoms with van der Waals surface area (Å²) in [6.07, 6.45) is -0.0433. The zero-order valence-electron chi connectivity index (χ0n) is 15.9. The van der Waals surface area contributed by atoms with E-state index in [1.807, 2.05) is 49.3 Å². The highest BCUT2D eigenvalue weighted by Crippen LogP contribution is 2.38. The number of anilines is 1. The van der Waals surface area contributed by atoms with E-state index >= 15 is 0 Å². The lowest BCUT2D eigenvalue weighted by Gasteiger charge is -2.37. The SMILES string of the molecule is Cc1ccc(N2C(=O)C(c3cccs3)=C(N3CC(C)OC(C)C3)C2=O)cc1Cl. The van der Waals surface area contributed by atoms with Crippen LogP contribution in [0.15, 0.2) is 41.4 Å². The largest absolute Gasteiger partial charge is 0.372 e. The Labute approximate surface area is 173 Å². The van der Waals surface area contributed by atoms with E-state index in [-0.39, 0.29) is 24.0 Å². The van der Waals surface area contributed by atoms with E-state index in [1.54, 1.807) is 12.1 Å². The molecule has 2 atom stereocenters. The first kappa shape index (κ1) is 19.2. The van der Waals surface area contributed by atoms with Gasteiger partial charge in [-0.05, 0) is 49.9 Å². The number of carbonyl (C=O) groups is 2. The summed E-state index contributed by atoms with van der Waals surface area (Å²) >= 11 is 7.72. The highest BCUT2D eigenvalue weighted by molar-refractivity contribution is 7.11. The van der Waals surface area contributed by atoms with Crippen molar-refractivity contribution in [3.05, 3.63) is 56.9 Å².